The molecule has 7 heteroatoms. The van der Waals surface area contributed by atoms with Crippen molar-refractivity contribution >= 4 is 26.5 Å². The van der Waals surface area contributed by atoms with E-state index in [0.29, 0.717) is 6.04 Å². The molecule has 1 saturated heterocycles. The second kappa shape index (κ2) is 3.41. The first kappa shape index (κ1) is 10.5. The molecule has 1 aliphatic heterocycles. The van der Waals surface area contributed by atoms with Gasteiger partial charge in [-0.1, -0.05) is 11.3 Å². The fourth-order valence-corrected chi connectivity index (χ4v) is 4.29. The highest BCUT2D eigenvalue weighted by molar-refractivity contribution is 7.91. The third-order valence-corrected chi connectivity index (χ3v) is 5.85. The number of piperidine rings is 1. The monoisotopic (exact) mass is 259 g/mol. The van der Waals surface area contributed by atoms with E-state index in [9.17, 15) is 8.42 Å². The molecule has 2 atom stereocenters. The molecule has 0 unspecified atom stereocenters. The van der Waals surface area contributed by atoms with Crippen LogP contribution in [0, 0.1) is 5.92 Å². The van der Waals surface area contributed by atoms with Crippen LogP contribution in [0.4, 0.5) is 5.13 Å². The minimum Gasteiger partial charge on any atom is -0.345 e. The Morgan fingerprint density at radius 2 is 2.31 bits per heavy atom. The van der Waals surface area contributed by atoms with Gasteiger partial charge in [0.05, 0.1) is 6.20 Å². The predicted molar refractivity (Wildman–Crippen MR) is 62.0 cm³/mol. The lowest BCUT2D eigenvalue weighted by Gasteiger charge is -2.26. The van der Waals surface area contributed by atoms with Crippen LogP contribution in [0.1, 0.15) is 19.3 Å². The first-order valence-electron chi connectivity index (χ1n) is 5.29. The zero-order chi connectivity index (χ0) is 11.3. The van der Waals surface area contributed by atoms with Crippen molar-refractivity contribution in [1.82, 2.24) is 4.98 Å². The molecule has 1 saturated carbocycles. The summed E-state index contributed by atoms with van der Waals surface area (Å²) < 4.78 is 22.5. The number of hydrogen-bond acceptors (Lipinski definition) is 5. The Bertz CT molecular complexity index is 511. The summed E-state index contributed by atoms with van der Waals surface area (Å²) in [6.07, 6.45) is 5.09. The molecule has 2 fully saturated rings. The van der Waals surface area contributed by atoms with Crippen LogP contribution in [0.2, 0.25) is 0 Å². The minimum atomic E-state index is -3.60. The molecule has 2 bridgehead atoms. The fourth-order valence-electron chi connectivity index (χ4n) is 2.67. The Morgan fingerprint density at radius 1 is 1.50 bits per heavy atom. The van der Waals surface area contributed by atoms with E-state index < -0.39 is 10.0 Å². The van der Waals surface area contributed by atoms with E-state index in [-0.39, 0.29) is 4.21 Å². The molecule has 2 N–H and O–H groups in total. The van der Waals surface area contributed by atoms with Crippen molar-refractivity contribution in [1.29, 1.82) is 0 Å². The van der Waals surface area contributed by atoms with Crippen molar-refractivity contribution in [2.75, 3.05) is 11.4 Å². The van der Waals surface area contributed by atoms with Crippen LogP contribution in [0.15, 0.2) is 10.4 Å². The third kappa shape index (κ3) is 1.63. The normalized spacial score (nSPS) is 28.9. The summed E-state index contributed by atoms with van der Waals surface area (Å²) in [5.74, 6) is 0.770. The quantitative estimate of drug-likeness (QED) is 0.851. The SMILES string of the molecule is NS(=O)(=O)c1cnc(N2C[C@H]3CC[C@H]2C3)s1. The minimum absolute atomic E-state index is 0.158. The van der Waals surface area contributed by atoms with Gasteiger partial charge in [-0.3, -0.25) is 0 Å². The van der Waals surface area contributed by atoms with Crippen LogP contribution in [0.25, 0.3) is 0 Å². The third-order valence-electron chi connectivity index (χ3n) is 3.41. The lowest BCUT2D eigenvalue weighted by atomic mass is 10.1. The van der Waals surface area contributed by atoms with Gasteiger partial charge in [-0.15, -0.1) is 0 Å². The Kier molecular flexibility index (Phi) is 2.24. The van der Waals surface area contributed by atoms with Crippen LogP contribution in [-0.2, 0) is 10.0 Å². The number of thiazole rings is 1. The van der Waals surface area contributed by atoms with Gasteiger partial charge in [-0.25, -0.2) is 18.5 Å². The maximum absolute atomic E-state index is 11.2. The highest BCUT2D eigenvalue weighted by Gasteiger charge is 2.39. The molecule has 5 nitrogen and oxygen atoms in total. The van der Waals surface area contributed by atoms with Gasteiger partial charge in [0.25, 0.3) is 0 Å². The lowest BCUT2D eigenvalue weighted by Crippen LogP contribution is -2.31. The van der Waals surface area contributed by atoms with Crippen LogP contribution in [0.5, 0.6) is 0 Å². The van der Waals surface area contributed by atoms with Crippen LogP contribution in [0.3, 0.4) is 0 Å². The van der Waals surface area contributed by atoms with Crippen molar-refractivity contribution in [3.8, 4) is 0 Å². The molecule has 16 heavy (non-hydrogen) atoms. The van der Waals surface area contributed by atoms with Crippen LogP contribution in [-0.4, -0.2) is 26.0 Å². The number of nitrogens with zero attached hydrogens (tertiary/aromatic N) is 2. The van der Waals surface area contributed by atoms with Crippen molar-refractivity contribution in [3.05, 3.63) is 6.20 Å². The highest BCUT2D eigenvalue weighted by Crippen LogP contribution is 2.41. The molecule has 2 heterocycles. The molecule has 3 rings (SSSR count). The summed E-state index contributed by atoms with van der Waals surface area (Å²) in [6, 6.07) is 0.560. The van der Waals surface area contributed by atoms with Gasteiger partial charge in [-0.2, -0.15) is 0 Å². The Labute approximate surface area is 98.3 Å². The topological polar surface area (TPSA) is 76.3 Å². The van der Waals surface area contributed by atoms with E-state index in [0.717, 1.165) is 17.6 Å². The van der Waals surface area contributed by atoms with Gasteiger partial charge in [-0.05, 0) is 25.2 Å². The summed E-state index contributed by atoms with van der Waals surface area (Å²) in [7, 11) is -3.60. The van der Waals surface area contributed by atoms with Gasteiger partial charge in [0.1, 0.15) is 0 Å². The van der Waals surface area contributed by atoms with E-state index >= 15 is 0 Å². The lowest BCUT2D eigenvalue weighted by molar-refractivity contribution is 0.553. The molecule has 0 aromatic carbocycles. The molecule has 88 valence electrons. The first-order chi connectivity index (χ1) is 7.54. The number of nitrogens with two attached hydrogens (primary N) is 1. The van der Waals surface area contributed by atoms with E-state index in [1.54, 1.807) is 0 Å². The van der Waals surface area contributed by atoms with Crippen molar-refractivity contribution in [2.45, 2.75) is 29.5 Å². The Balaban J connectivity index is 1.88. The van der Waals surface area contributed by atoms with Gasteiger partial charge >= 0.3 is 0 Å². The molecule has 1 aromatic rings. The molecular weight excluding hydrogens is 246 g/mol. The van der Waals surface area contributed by atoms with Gasteiger partial charge in [0.15, 0.2) is 9.34 Å². The second-order valence-corrected chi connectivity index (χ2v) is 7.29. The smallest absolute Gasteiger partial charge is 0.249 e. The number of sulfonamides is 1. The molecule has 0 amide bonds. The van der Waals surface area contributed by atoms with Crippen molar-refractivity contribution in [3.63, 3.8) is 0 Å². The zero-order valence-corrected chi connectivity index (χ0v) is 10.3. The second-order valence-electron chi connectivity index (χ2n) is 4.49. The standard InChI is InChI=1S/C9H13N3O2S2/c10-16(13,14)8-4-11-9(15-8)12-5-6-1-2-7(12)3-6/h4,6-7H,1-3,5H2,(H2,10,13,14)/t6-,7-/m0/s1. The number of aromatic nitrogens is 1. The number of rotatable bonds is 2. The average Bonchev–Trinajstić information content (AvgIpc) is 2.92. The summed E-state index contributed by atoms with van der Waals surface area (Å²) in [5.41, 5.74) is 0. The molecule has 2 aliphatic rings. The van der Waals surface area contributed by atoms with E-state index in [1.165, 1.54) is 36.8 Å². The average molecular weight is 259 g/mol. The fraction of sp³-hybridized carbons (Fsp3) is 0.667. The van der Waals surface area contributed by atoms with Gasteiger partial charge in [0.2, 0.25) is 10.0 Å². The summed E-state index contributed by atoms with van der Waals surface area (Å²) >= 11 is 1.18. The number of fused-ring (bicyclic) bond motifs is 2. The Hall–Kier alpha value is -0.660. The Morgan fingerprint density at radius 3 is 2.81 bits per heavy atom. The van der Waals surface area contributed by atoms with E-state index in [1.807, 2.05) is 0 Å². The number of anilines is 1. The molecular formula is C9H13N3O2S2. The number of primary sulfonamides is 1. The summed E-state index contributed by atoms with van der Waals surface area (Å²) in [4.78, 5) is 6.40. The highest BCUT2D eigenvalue weighted by atomic mass is 32.2. The predicted octanol–water partition coefficient (Wildman–Crippen LogP) is 0.779. The number of hydrogen-bond donors (Lipinski definition) is 1. The van der Waals surface area contributed by atoms with Crippen LogP contribution < -0.4 is 10.0 Å². The molecule has 0 spiro atoms. The van der Waals surface area contributed by atoms with E-state index in [4.69, 9.17) is 5.14 Å². The first-order valence-corrected chi connectivity index (χ1v) is 7.65. The zero-order valence-electron chi connectivity index (χ0n) is 8.67. The molecule has 0 radical (unpaired) electrons. The van der Waals surface area contributed by atoms with Crippen LogP contribution >= 0.6 is 11.3 Å². The molecule has 1 aromatic heterocycles. The van der Waals surface area contributed by atoms with Gasteiger partial charge in [0, 0.05) is 12.6 Å². The summed E-state index contributed by atoms with van der Waals surface area (Å²) in [6.45, 7) is 1.02. The van der Waals surface area contributed by atoms with Gasteiger partial charge < -0.3 is 4.90 Å². The maximum atomic E-state index is 11.2. The van der Waals surface area contributed by atoms with Crippen molar-refractivity contribution in [2.24, 2.45) is 11.1 Å². The molecule has 1 aliphatic carbocycles. The maximum Gasteiger partial charge on any atom is 0.249 e. The largest absolute Gasteiger partial charge is 0.345 e. The van der Waals surface area contributed by atoms with E-state index in [2.05, 4.69) is 9.88 Å². The van der Waals surface area contributed by atoms with Crippen molar-refractivity contribution < 1.29 is 8.42 Å². The summed E-state index contributed by atoms with van der Waals surface area (Å²) in [5, 5.41) is 5.87.